The number of benzene rings is 2. The smallest absolute Gasteiger partial charge is 0.191 e. The lowest BCUT2D eigenvalue weighted by Gasteiger charge is -2.05. The van der Waals surface area contributed by atoms with E-state index in [1.165, 1.54) is 0 Å². The molecule has 0 saturated carbocycles. The van der Waals surface area contributed by atoms with Gasteiger partial charge in [0.25, 0.3) is 0 Å². The van der Waals surface area contributed by atoms with Crippen LogP contribution in [0.2, 0.25) is 5.02 Å². The molecule has 0 aliphatic rings. The zero-order valence-corrected chi connectivity index (χ0v) is 18.4. The van der Waals surface area contributed by atoms with Gasteiger partial charge < -0.3 is 9.30 Å². The molecule has 0 amide bonds. The van der Waals surface area contributed by atoms with Gasteiger partial charge in [-0.2, -0.15) is 0 Å². The number of ether oxygens (including phenoxy) is 1. The fourth-order valence-corrected chi connectivity index (χ4v) is 4.88. The minimum Gasteiger partial charge on any atom is -0.494 e. The highest BCUT2D eigenvalue weighted by molar-refractivity contribution is 7.98. The van der Waals surface area contributed by atoms with Crippen LogP contribution < -0.4 is 4.74 Å². The molecule has 0 atom stereocenters. The molecule has 0 radical (unpaired) electrons. The van der Waals surface area contributed by atoms with Gasteiger partial charge >= 0.3 is 0 Å². The second-order valence-electron chi connectivity index (χ2n) is 6.24. The van der Waals surface area contributed by atoms with Crippen LogP contribution in [0.3, 0.4) is 0 Å². The normalized spacial score (nSPS) is 11.0. The largest absolute Gasteiger partial charge is 0.494 e. The summed E-state index contributed by atoms with van der Waals surface area (Å²) in [4.78, 5) is 4.72. The van der Waals surface area contributed by atoms with Gasteiger partial charge in [0.2, 0.25) is 0 Å². The number of thiazole rings is 1. The third kappa shape index (κ3) is 4.47. The van der Waals surface area contributed by atoms with Crippen LogP contribution in [0.25, 0.3) is 22.0 Å². The van der Waals surface area contributed by atoms with E-state index in [2.05, 4.69) is 15.6 Å². The molecule has 0 unspecified atom stereocenters. The molecule has 0 N–H and O–H groups in total. The van der Waals surface area contributed by atoms with Gasteiger partial charge in [0, 0.05) is 29.3 Å². The lowest BCUT2D eigenvalue weighted by Crippen LogP contribution is -1.96. The van der Waals surface area contributed by atoms with Crippen LogP contribution >= 0.6 is 34.7 Å². The van der Waals surface area contributed by atoms with Crippen molar-refractivity contribution in [2.45, 2.75) is 17.8 Å². The Bertz CT molecular complexity index is 1110. The highest BCUT2D eigenvalue weighted by atomic mass is 35.5. The average Bonchev–Trinajstić information content (AvgIpc) is 3.34. The van der Waals surface area contributed by atoms with Gasteiger partial charge in [-0.15, -0.1) is 21.5 Å². The molecule has 4 aromatic rings. The summed E-state index contributed by atoms with van der Waals surface area (Å²) in [5, 5.41) is 13.3. The highest BCUT2D eigenvalue weighted by Gasteiger charge is 2.13. The molecule has 8 heteroatoms. The first-order valence-electron chi connectivity index (χ1n) is 9.10. The predicted molar refractivity (Wildman–Crippen MR) is 120 cm³/mol. The Labute approximate surface area is 182 Å². The van der Waals surface area contributed by atoms with E-state index in [-0.39, 0.29) is 0 Å². The first kappa shape index (κ1) is 19.9. The van der Waals surface area contributed by atoms with Gasteiger partial charge in [0.15, 0.2) is 11.0 Å². The van der Waals surface area contributed by atoms with E-state index < -0.39 is 0 Å². The molecule has 5 nitrogen and oxygen atoms in total. The molecular weight excluding hydrogens is 424 g/mol. The van der Waals surface area contributed by atoms with Crippen molar-refractivity contribution in [3.05, 3.63) is 64.6 Å². The van der Waals surface area contributed by atoms with Crippen LogP contribution in [0.15, 0.2) is 59.1 Å². The van der Waals surface area contributed by atoms with Gasteiger partial charge in [0.1, 0.15) is 10.8 Å². The van der Waals surface area contributed by atoms with E-state index in [9.17, 15) is 0 Å². The van der Waals surface area contributed by atoms with E-state index in [4.69, 9.17) is 21.3 Å². The van der Waals surface area contributed by atoms with E-state index in [0.717, 1.165) is 44.3 Å². The molecule has 0 fully saturated rings. The first-order valence-corrected chi connectivity index (χ1v) is 11.3. The molecule has 0 spiro atoms. The van der Waals surface area contributed by atoms with E-state index in [1.54, 1.807) is 23.1 Å². The van der Waals surface area contributed by atoms with Gasteiger partial charge in [0.05, 0.1) is 17.3 Å². The molecule has 2 aromatic heterocycles. The maximum Gasteiger partial charge on any atom is 0.191 e. The molecule has 4 rings (SSSR count). The number of rotatable bonds is 7. The van der Waals surface area contributed by atoms with Gasteiger partial charge in [-0.05, 0) is 37.3 Å². The molecule has 2 aromatic carbocycles. The molecule has 0 aliphatic heterocycles. The topological polar surface area (TPSA) is 52.8 Å². The Morgan fingerprint density at radius 1 is 1.10 bits per heavy atom. The van der Waals surface area contributed by atoms with Crippen LogP contribution in [-0.2, 0) is 12.8 Å². The van der Waals surface area contributed by atoms with Crippen LogP contribution in [0, 0.1) is 0 Å². The van der Waals surface area contributed by atoms with Crippen molar-refractivity contribution in [1.29, 1.82) is 0 Å². The minimum atomic E-state index is 0.652. The number of nitrogens with zero attached hydrogens (tertiary/aromatic N) is 4. The van der Waals surface area contributed by atoms with Crippen molar-refractivity contribution in [2.75, 3.05) is 6.61 Å². The van der Waals surface area contributed by atoms with Crippen molar-refractivity contribution in [2.24, 2.45) is 7.05 Å². The minimum absolute atomic E-state index is 0.652. The molecule has 0 saturated heterocycles. The molecule has 2 heterocycles. The SMILES string of the molecule is CCOc1ccc(-c2nnc(SCc3csc(-c4ccccc4Cl)n3)n2C)cc1. The maximum atomic E-state index is 6.28. The molecular formula is C21H19ClN4OS2. The fraction of sp³-hybridized carbons (Fsp3) is 0.190. The number of halogens is 1. The predicted octanol–water partition coefficient (Wildman–Crippen LogP) is 5.95. The van der Waals surface area contributed by atoms with E-state index in [1.807, 2.05) is 67.1 Å². The third-order valence-corrected chi connectivity index (χ3v) is 6.57. The summed E-state index contributed by atoms with van der Waals surface area (Å²) < 4.78 is 7.50. The van der Waals surface area contributed by atoms with Crippen molar-refractivity contribution in [3.8, 4) is 27.7 Å². The van der Waals surface area contributed by atoms with Gasteiger partial charge in [-0.3, -0.25) is 0 Å². The number of aromatic nitrogens is 4. The Balaban J connectivity index is 1.45. The average molecular weight is 443 g/mol. The summed E-state index contributed by atoms with van der Waals surface area (Å²) in [5.41, 5.74) is 2.97. The van der Waals surface area contributed by atoms with Crippen LogP contribution in [-0.4, -0.2) is 26.4 Å². The Morgan fingerprint density at radius 3 is 2.66 bits per heavy atom. The molecule has 148 valence electrons. The van der Waals surface area contributed by atoms with Crippen molar-refractivity contribution >= 4 is 34.7 Å². The third-order valence-electron chi connectivity index (χ3n) is 4.26. The van der Waals surface area contributed by atoms with Gasteiger partial charge in [-0.1, -0.05) is 41.6 Å². The monoisotopic (exact) mass is 442 g/mol. The van der Waals surface area contributed by atoms with Crippen molar-refractivity contribution < 1.29 is 4.74 Å². The summed E-state index contributed by atoms with van der Waals surface area (Å²) in [7, 11) is 1.98. The standard InChI is InChI=1S/C21H19ClN4OS2/c1-3-27-16-10-8-14(9-11-16)19-24-25-21(26(19)2)29-13-15-12-28-20(23-15)17-6-4-5-7-18(17)22/h4-12H,3,13H2,1-2H3. The Kier molecular flexibility index (Phi) is 6.18. The molecule has 0 aliphatic carbocycles. The zero-order chi connectivity index (χ0) is 20.2. The summed E-state index contributed by atoms with van der Waals surface area (Å²) in [5.74, 6) is 2.40. The molecule has 0 bridgehead atoms. The summed E-state index contributed by atoms with van der Waals surface area (Å²) in [6.45, 7) is 2.62. The van der Waals surface area contributed by atoms with Crippen LogP contribution in [0.5, 0.6) is 5.75 Å². The second-order valence-corrected chi connectivity index (χ2v) is 8.44. The first-order chi connectivity index (χ1) is 14.2. The van der Waals surface area contributed by atoms with E-state index >= 15 is 0 Å². The van der Waals surface area contributed by atoms with Gasteiger partial charge in [-0.25, -0.2) is 4.98 Å². The zero-order valence-electron chi connectivity index (χ0n) is 16.0. The summed E-state index contributed by atoms with van der Waals surface area (Å²) in [6, 6.07) is 15.7. The number of thioether (sulfide) groups is 1. The Morgan fingerprint density at radius 2 is 1.90 bits per heavy atom. The lowest BCUT2D eigenvalue weighted by molar-refractivity contribution is 0.340. The second kappa shape index (κ2) is 8.98. The summed E-state index contributed by atoms with van der Waals surface area (Å²) in [6.07, 6.45) is 0. The summed E-state index contributed by atoms with van der Waals surface area (Å²) >= 11 is 9.50. The highest BCUT2D eigenvalue weighted by Crippen LogP contribution is 2.32. The number of hydrogen-bond acceptors (Lipinski definition) is 6. The van der Waals surface area contributed by atoms with E-state index in [0.29, 0.717) is 11.6 Å². The maximum absolute atomic E-state index is 6.28. The quantitative estimate of drug-likeness (QED) is 0.331. The van der Waals surface area contributed by atoms with Crippen LogP contribution in [0.1, 0.15) is 12.6 Å². The lowest BCUT2D eigenvalue weighted by atomic mass is 10.2. The van der Waals surface area contributed by atoms with Crippen molar-refractivity contribution in [3.63, 3.8) is 0 Å². The van der Waals surface area contributed by atoms with Crippen LogP contribution in [0.4, 0.5) is 0 Å². The number of hydrogen-bond donors (Lipinski definition) is 0. The fourth-order valence-electron chi connectivity index (χ4n) is 2.83. The Hall–Kier alpha value is -2.35. The van der Waals surface area contributed by atoms with Crippen molar-refractivity contribution in [1.82, 2.24) is 19.7 Å². The molecule has 29 heavy (non-hydrogen) atoms.